The van der Waals surface area contributed by atoms with Crippen LogP contribution in [0.1, 0.15) is 21.7 Å². The maximum atomic E-state index is 12.4. The Bertz CT molecular complexity index is 1090. The minimum Gasteiger partial charge on any atom is -0.321 e. The highest BCUT2D eigenvalue weighted by Crippen LogP contribution is 2.18. The number of rotatable bonds is 4. The summed E-state index contributed by atoms with van der Waals surface area (Å²) in [6, 6.07) is 7.61. The zero-order chi connectivity index (χ0) is 19.1. The van der Waals surface area contributed by atoms with E-state index in [4.69, 9.17) is 0 Å². The summed E-state index contributed by atoms with van der Waals surface area (Å²) in [4.78, 5) is 16.9. The van der Waals surface area contributed by atoms with Crippen LogP contribution >= 0.6 is 0 Å². The summed E-state index contributed by atoms with van der Waals surface area (Å²) in [7, 11) is -0.606. The lowest BCUT2D eigenvalue weighted by Gasteiger charge is -2.12. The Balaban J connectivity index is 1.84. The summed E-state index contributed by atoms with van der Waals surface area (Å²) in [5.41, 5.74) is 2.56. The monoisotopic (exact) mass is 373 g/mol. The minimum atomic E-state index is -3.52. The molecule has 3 rings (SSSR count). The molecule has 0 aliphatic carbocycles. The molecule has 0 saturated carbocycles. The Morgan fingerprint density at radius 1 is 1.15 bits per heavy atom. The van der Waals surface area contributed by atoms with E-state index in [1.54, 1.807) is 17.6 Å². The van der Waals surface area contributed by atoms with Gasteiger partial charge in [0.05, 0.1) is 16.8 Å². The first-order chi connectivity index (χ1) is 12.2. The lowest BCUT2D eigenvalue weighted by atomic mass is 10.2. The Kier molecular flexibility index (Phi) is 4.51. The van der Waals surface area contributed by atoms with Crippen molar-refractivity contribution in [3.8, 4) is 0 Å². The first kappa shape index (κ1) is 18.0. The average molecular weight is 373 g/mol. The first-order valence-corrected chi connectivity index (χ1v) is 9.30. The van der Waals surface area contributed by atoms with Crippen LogP contribution in [0.2, 0.25) is 0 Å². The molecule has 3 aromatic rings. The van der Waals surface area contributed by atoms with Crippen LogP contribution in [0.4, 0.5) is 5.69 Å². The number of aromatic nitrogens is 3. The molecule has 0 bridgehead atoms. The highest BCUT2D eigenvalue weighted by molar-refractivity contribution is 7.89. The predicted molar refractivity (Wildman–Crippen MR) is 97.7 cm³/mol. The third-order valence-electron chi connectivity index (χ3n) is 3.88. The SMILES string of the molecule is Cc1nc2c(C)cc(NC(=O)c3ccc(S(=O)(=O)N(C)C)cc3)cn2n1. The first-order valence-electron chi connectivity index (χ1n) is 7.86. The summed E-state index contributed by atoms with van der Waals surface area (Å²) >= 11 is 0. The van der Waals surface area contributed by atoms with Gasteiger partial charge in [-0.2, -0.15) is 5.10 Å². The summed E-state index contributed by atoms with van der Waals surface area (Å²) in [5, 5.41) is 7.05. The van der Waals surface area contributed by atoms with Gasteiger partial charge in [-0.25, -0.2) is 22.2 Å². The van der Waals surface area contributed by atoms with Gasteiger partial charge in [0.1, 0.15) is 5.82 Å². The Morgan fingerprint density at radius 2 is 1.81 bits per heavy atom. The number of pyridine rings is 1. The molecule has 0 atom stereocenters. The van der Waals surface area contributed by atoms with Crippen molar-refractivity contribution >= 4 is 27.3 Å². The molecule has 0 radical (unpaired) electrons. The van der Waals surface area contributed by atoms with Crippen molar-refractivity contribution in [2.24, 2.45) is 0 Å². The molecule has 2 aromatic heterocycles. The normalized spacial score (nSPS) is 11.9. The molecule has 0 unspecified atom stereocenters. The molecular formula is C17H19N5O3S. The fourth-order valence-corrected chi connectivity index (χ4v) is 3.42. The van der Waals surface area contributed by atoms with Gasteiger partial charge in [0.2, 0.25) is 10.0 Å². The molecule has 0 saturated heterocycles. The highest BCUT2D eigenvalue weighted by atomic mass is 32.2. The van der Waals surface area contributed by atoms with Gasteiger partial charge in [-0.3, -0.25) is 4.79 Å². The predicted octanol–water partition coefficient (Wildman–Crippen LogP) is 1.85. The molecule has 9 heteroatoms. The van der Waals surface area contributed by atoms with E-state index in [1.165, 1.54) is 38.4 Å². The molecule has 1 N–H and O–H groups in total. The quantitative estimate of drug-likeness (QED) is 0.753. The summed E-state index contributed by atoms with van der Waals surface area (Å²) < 4.78 is 26.9. The van der Waals surface area contributed by atoms with Crippen molar-refractivity contribution in [2.45, 2.75) is 18.7 Å². The van der Waals surface area contributed by atoms with Crippen LogP contribution in [0.15, 0.2) is 41.4 Å². The Labute approximate surface area is 151 Å². The molecule has 2 heterocycles. The smallest absolute Gasteiger partial charge is 0.255 e. The lowest BCUT2D eigenvalue weighted by Crippen LogP contribution is -2.22. The second kappa shape index (κ2) is 6.50. The number of fused-ring (bicyclic) bond motifs is 1. The van der Waals surface area contributed by atoms with E-state index in [-0.39, 0.29) is 10.8 Å². The standard InChI is InChI=1S/C17H19N5O3S/c1-11-9-14(10-22-16(11)18-12(2)20-22)19-17(23)13-5-7-15(8-6-13)26(24,25)21(3)4/h5-10H,1-4H3,(H,19,23). The summed E-state index contributed by atoms with van der Waals surface area (Å²) in [6.45, 7) is 3.69. The third kappa shape index (κ3) is 3.31. The largest absolute Gasteiger partial charge is 0.321 e. The molecule has 1 amide bonds. The maximum absolute atomic E-state index is 12.4. The molecular weight excluding hydrogens is 354 g/mol. The van der Waals surface area contributed by atoms with Crippen LogP contribution in [-0.2, 0) is 10.0 Å². The van der Waals surface area contributed by atoms with Gasteiger partial charge >= 0.3 is 0 Å². The van der Waals surface area contributed by atoms with Gasteiger partial charge in [0, 0.05) is 19.7 Å². The fourth-order valence-electron chi connectivity index (χ4n) is 2.52. The van der Waals surface area contributed by atoms with Gasteiger partial charge in [0.25, 0.3) is 5.91 Å². The zero-order valence-electron chi connectivity index (χ0n) is 14.9. The van der Waals surface area contributed by atoms with E-state index in [0.29, 0.717) is 17.1 Å². The minimum absolute atomic E-state index is 0.134. The second-order valence-electron chi connectivity index (χ2n) is 6.10. The summed E-state index contributed by atoms with van der Waals surface area (Å²) in [5.74, 6) is 0.309. The molecule has 0 aliphatic heterocycles. The van der Waals surface area contributed by atoms with Gasteiger partial charge in [-0.1, -0.05) is 0 Å². The van der Waals surface area contributed by atoms with Crippen molar-refractivity contribution < 1.29 is 13.2 Å². The number of sulfonamides is 1. The van der Waals surface area contributed by atoms with Crippen molar-refractivity contribution in [2.75, 3.05) is 19.4 Å². The number of nitrogens with one attached hydrogen (secondary N) is 1. The van der Waals surface area contributed by atoms with E-state index < -0.39 is 10.0 Å². The van der Waals surface area contributed by atoms with Gasteiger partial charge in [0.15, 0.2) is 5.65 Å². The van der Waals surface area contributed by atoms with E-state index in [0.717, 1.165) is 15.5 Å². The lowest BCUT2D eigenvalue weighted by molar-refractivity contribution is 0.102. The van der Waals surface area contributed by atoms with Gasteiger partial charge in [-0.15, -0.1) is 0 Å². The molecule has 136 valence electrons. The van der Waals surface area contributed by atoms with Gasteiger partial charge < -0.3 is 5.32 Å². The van der Waals surface area contributed by atoms with E-state index in [9.17, 15) is 13.2 Å². The molecule has 1 aromatic carbocycles. The van der Waals surface area contributed by atoms with E-state index >= 15 is 0 Å². The number of benzene rings is 1. The number of aryl methyl sites for hydroxylation is 2. The van der Waals surface area contributed by atoms with Gasteiger partial charge in [-0.05, 0) is 49.7 Å². The number of hydrogen-bond donors (Lipinski definition) is 1. The second-order valence-corrected chi connectivity index (χ2v) is 8.26. The number of carbonyl (C=O) groups is 1. The van der Waals surface area contributed by atoms with Crippen LogP contribution in [0.25, 0.3) is 5.65 Å². The topological polar surface area (TPSA) is 96.7 Å². The van der Waals surface area contributed by atoms with Crippen LogP contribution in [0.5, 0.6) is 0 Å². The van der Waals surface area contributed by atoms with E-state index in [1.807, 2.05) is 13.0 Å². The summed E-state index contributed by atoms with van der Waals surface area (Å²) in [6.07, 6.45) is 1.69. The number of amides is 1. The third-order valence-corrected chi connectivity index (χ3v) is 5.71. The van der Waals surface area contributed by atoms with Crippen molar-refractivity contribution in [1.29, 1.82) is 0 Å². The molecule has 8 nitrogen and oxygen atoms in total. The highest BCUT2D eigenvalue weighted by Gasteiger charge is 2.17. The van der Waals surface area contributed by atoms with Crippen LogP contribution in [0.3, 0.4) is 0 Å². The fraction of sp³-hybridized carbons (Fsp3) is 0.235. The average Bonchev–Trinajstić information content (AvgIpc) is 2.95. The number of nitrogens with zero attached hydrogens (tertiary/aromatic N) is 4. The van der Waals surface area contributed by atoms with Crippen LogP contribution < -0.4 is 5.32 Å². The zero-order valence-corrected chi connectivity index (χ0v) is 15.7. The molecule has 0 spiro atoms. The van der Waals surface area contributed by atoms with Crippen LogP contribution in [-0.4, -0.2) is 47.3 Å². The van der Waals surface area contributed by atoms with Crippen LogP contribution in [0, 0.1) is 13.8 Å². The van der Waals surface area contributed by atoms with Crippen molar-refractivity contribution in [3.63, 3.8) is 0 Å². The van der Waals surface area contributed by atoms with E-state index in [2.05, 4.69) is 15.4 Å². The molecule has 26 heavy (non-hydrogen) atoms. The molecule has 0 aliphatic rings. The molecule has 0 fully saturated rings. The van der Waals surface area contributed by atoms with Crippen molar-refractivity contribution in [3.05, 3.63) is 53.5 Å². The Hall–Kier alpha value is -2.78. The maximum Gasteiger partial charge on any atom is 0.255 e. The Morgan fingerprint density at radius 3 is 2.42 bits per heavy atom. The number of carbonyl (C=O) groups excluding carboxylic acids is 1. The van der Waals surface area contributed by atoms with Crippen molar-refractivity contribution in [1.82, 2.24) is 18.9 Å². The number of anilines is 1. The number of hydrogen-bond acceptors (Lipinski definition) is 5.